The number of hydrogen-bond donors (Lipinski definition) is 1. The van der Waals surface area contributed by atoms with E-state index in [0.29, 0.717) is 17.2 Å². The molecule has 0 bridgehead atoms. The minimum absolute atomic E-state index is 0.0892. The molecule has 0 aliphatic carbocycles. The van der Waals surface area contributed by atoms with Crippen LogP contribution in [0, 0.1) is 6.92 Å². The van der Waals surface area contributed by atoms with Gasteiger partial charge < -0.3 is 10.1 Å². The van der Waals surface area contributed by atoms with Gasteiger partial charge in [0.25, 0.3) is 0 Å². The lowest BCUT2D eigenvalue weighted by atomic mass is 10.2. The van der Waals surface area contributed by atoms with Gasteiger partial charge in [-0.3, -0.25) is 4.79 Å². The number of ether oxygens (including phenoxy) is 1. The fraction of sp³-hybridized carbons (Fsp3) is 0.200. The Morgan fingerprint density at radius 1 is 1.38 bits per heavy atom. The van der Waals surface area contributed by atoms with Crippen molar-refractivity contribution in [2.45, 2.75) is 11.9 Å². The van der Waals surface area contributed by atoms with E-state index in [-0.39, 0.29) is 5.91 Å². The number of aromatic nitrogens is 1. The normalized spacial score (nSPS) is 10.2. The number of nitrogens with zero attached hydrogens (tertiary/aromatic N) is 1. The molecule has 0 fully saturated rings. The molecule has 6 heteroatoms. The minimum Gasteiger partial charge on any atom is -0.495 e. The van der Waals surface area contributed by atoms with Crippen molar-refractivity contribution in [1.29, 1.82) is 0 Å². The maximum Gasteiger partial charge on any atom is 0.234 e. The van der Waals surface area contributed by atoms with Gasteiger partial charge in [-0.15, -0.1) is 0 Å². The molecule has 0 unspecified atom stereocenters. The Bertz CT molecular complexity index is 632. The summed E-state index contributed by atoms with van der Waals surface area (Å²) in [6, 6.07) is 9.44. The molecule has 0 saturated carbocycles. The number of nitrogens with one attached hydrogen (secondary N) is 1. The molecule has 2 aromatic rings. The SMILES string of the molecule is COc1ccc(C)cc1NC(=O)CSc1ccc(Br)cn1. The van der Waals surface area contributed by atoms with Crippen LogP contribution in [0.2, 0.25) is 0 Å². The molecule has 1 aromatic carbocycles. The number of amides is 1. The molecule has 0 aliphatic heterocycles. The number of rotatable bonds is 5. The zero-order chi connectivity index (χ0) is 15.2. The number of benzene rings is 1. The molecule has 4 nitrogen and oxygen atoms in total. The van der Waals surface area contributed by atoms with Gasteiger partial charge in [-0.1, -0.05) is 17.8 Å². The van der Waals surface area contributed by atoms with Crippen molar-refractivity contribution in [3.05, 3.63) is 46.6 Å². The summed E-state index contributed by atoms with van der Waals surface area (Å²) in [4.78, 5) is 16.2. The van der Waals surface area contributed by atoms with E-state index in [1.807, 2.05) is 37.3 Å². The van der Waals surface area contributed by atoms with Crippen LogP contribution in [-0.4, -0.2) is 23.8 Å². The molecule has 0 radical (unpaired) electrons. The largest absolute Gasteiger partial charge is 0.495 e. The van der Waals surface area contributed by atoms with Crippen LogP contribution >= 0.6 is 27.7 Å². The smallest absolute Gasteiger partial charge is 0.234 e. The van der Waals surface area contributed by atoms with Gasteiger partial charge >= 0.3 is 0 Å². The van der Waals surface area contributed by atoms with Gasteiger partial charge in [0.1, 0.15) is 5.75 Å². The van der Waals surface area contributed by atoms with E-state index in [4.69, 9.17) is 4.74 Å². The highest BCUT2D eigenvalue weighted by atomic mass is 79.9. The van der Waals surface area contributed by atoms with Crippen LogP contribution in [-0.2, 0) is 4.79 Å². The number of carbonyl (C=O) groups is 1. The Labute approximate surface area is 136 Å². The molecule has 0 saturated heterocycles. The van der Waals surface area contributed by atoms with Crippen LogP contribution in [0.3, 0.4) is 0 Å². The molecule has 1 N–H and O–H groups in total. The van der Waals surface area contributed by atoms with Crippen molar-refractivity contribution in [3.8, 4) is 5.75 Å². The van der Waals surface area contributed by atoms with E-state index >= 15 is 0 Å². The predicted molar refractivity (Wildman–Crippen MR) is 89.0 cm³/mol. The third-order valence-corrected chi connectivity index (χ3v) is 4.09. The van der Waals surface area contributed by atoms with Crippen LogP contribution in [0.15, 0.2) is 46.0 Å². The van der Waals surface area contributed by atoms with E-state index in [1.165, 1.54) is 11.8 Å². The quantitative estimate of drug-likeness (QED) is 0.815. The molecule has 1 aromatic heterocycles. The standard InChI is InChI=1S/C15H15BrN2O2S/c1-10-3-5-13(20-2)12(7-10)18-14(19)9-21-15-6-4-11(16)8-17-15/h3-8H,9H2,1-2H3,(H,18,19). The first-order valence-corrected chi connectivity index (χ1v) is 8.05. The van der Waals surface area contributed by atoms with Crippen molar-refractivity contribution >= 4 is 39.3 Å². The van der Waals surface area contributed by atoms with Gasteiger partial charge in [0.2, 0.25) is 5.91 Å². The van der Waals surface area contributed by atoms with Crippen LogP contribution < -0.4 is 10.1 Å². The summed E-state index contributed by atoms with van der Waals surface area (Å²) >= 11 is 4.72. The van der Waals surface area contributed by atoms with Gasteiger partial charge in [-0.2, -0.15) is 0 Å². The summed E-state index contributed by atoms with van der Waals surface area (Å²) < 4.78 is 6.16. The highest BCUT2D eigenvalue weighted by Crippen LogP contribution is 2.25. The number of hydrogen-bond acceptors (Lipinski definition) is 4. The molecule has 0 atom stereocenters. The molecule has 1 heterocycles. The maximum atomic E-state index is 12.0. The third kappa shape index (κ3) is 4.75. The summed E-state index contributed by atoms with van der Waals surface area (Å²) in [5.41, 5.74) is 1.75. The van der Waals surface area contributed by atoms with E-state index in [2.05, 4.69) is 26.2 Å². The number of thioether (sulfide) groups is 1. The summed E-state index contributed by atoms with van der Waals surface area (Å²) in [6.45, 7) is 1.97. The van der Waals surface area contributed by atoms with Gasteiger partial charge in [-0.05, 0) is 52.7 Å². The molecular weight excluding hydrogens is 352 g/mol. The van der Waals surface area contributed by atoms with Gasteiger partial charge in [0.05, 0.1) is 23.6 Å². The lowest BCUT2D eigenvalue weighted by Gasteiger charge is -2.10. The summed E-state index contributed by atoms with van der Waals surface area (Å²) in [5.74, 6) is 0.862. The fourth-order valence-corrected chi connectivity index (χ4v) is 2.57. The van der Waals surface area contributed by atoms with E-state index < -0.39 is 0 Å². The molecule has 0 spiro atoms. The van der Waals surface area contributed by atoms with Crippen LogP contribution in [0.1, 0.15) is 5.56 Å². The first-order chi connectivity index (χ1) is 10.1. The average Bonchev–Trinajstić information content (AvgIpc) is 2.47. The molecule has 110 valence electrons. The van der Waals surface area contributed by atoms with E-state index in [0.717, 1.165) is 15.1 Å². The Balaban J connectivity index is 1.95. The van der Waals surface area contributed by atoms with Crippen molar-refractivity contribution in [1.82, 2.24) is 4.98 Å². The number of methoxy groups -OCH3 is 1. The van der Waals surface area contributed by atoms with Gasteiger partial charge in [-0.25, -0.2) is 4.98 Å². The fourth-order valence-electron chi connectivity index (χ4n) is 1.69. The second-order valence-electron chi connectivity index (χ2n) is 4.36. The first-order valence-electron chi connectivity index (χ1n) is 6.27. The van der Waals surface area contributed by atoms with Crippen molar-refractivity contribution in [2.75, 3.05) is 18.2 Å². The number of halogens is 1. The summed E-state index contributed by atoms with van der Waals surface area (Å²) in [5, 5.41) is 3.67. The third-order valence-electron chi connectivity index (χ3n) is 2.68. The molecule has 0 aliphatic rings. The highest BCUT2D eigenvalue weighted by molar-refractivity contribution is 9.10. The zero-order valence-corrected chi connectivity index (χ0v) is 14.1. The van der Waals surface area contributed by atoms with E-state index in [9.17, 15) is 4.79 Å². The van der Waals surface area contributed by atoms with Crippen LogP contribution in [0.25, 0.3) is 0 Å². The van der Waals surface area contributed by atoms with Crippen molar-refractivity contribution in [3.63, 3.8) is 0 Å². The summed E-state index contributed by atoms with van der Waals surface area (Å²) in [7, 11) is 1.58. The molecule has 1 amide bonds. The number of aryl methyl sites for hydroxylation is 1. The Morgan fingerprint density at radius 3 is 2.86 bits per heavy atom. The Morgan fingerprint density at radius 2 is 2.19 bits per heavy atom. The molecule has 21 heavy (non-hydrogen) atoms. The highest BCUT2D eigenvalue weighted by Gasteiger charge is 2.08. The maximum absolute atomic E-state index is 12.0. The molecular formula is C15H15BrN2O2S. The number of anilines is 1. The Kier molecular flexibility index (Phi) is 5.64. The van der Waals surface area contributed by atoms with Crippen molar-refractivity contribution < 1.29 is 9.53 Å². The van der Waals surface area contributed by atoms with Crippen LogP contribution in [0.4, 0.5) is 5.69 Å². The minimum atomic E-state index is -0.0892. The first kappa shape index (κ1) is 15.9. The monoisotopic (exact) mass is 366 g/mol. The van der Waals surface area contributed by atoms with Crippen LogP contribution in [0.5, 0.6) is 5.75 Å². The van der Waals surface area contributed by atoms with Gasteiger partial charge in [0.15, 0.2) is 0 Å². The Hall–Kier alpha value is -1.53. The van der Waals surface area contributed by atoms with Gasteiger partial charge in [0, 0.05) is 10.7 Å². The van der Waals surface area contributed by atoms with E-state index in [1.54, 1.807) is 13.3 Å². The second-order valence-corrected chi connectivity index (χ2v) is 6.27. The number of pyridine rings is 1. The average molecular weight is 367 g/mol. The molecule has 2 rings (SSSR count). The predicted octanol–water partition coefficient (Wildman–Crippen LogP) is 3.89. The topological polar surface area (TPSA) is 51.2 Å². The lowest BCUT2D eigenvalue weighted by molar-refractivity contribution is -0.113. The van der Waals surface area contributed by atoms with Crippen molar-refractivity contribution in [2.24, 2.45) is 0 Å². The zero-order valence-electron chi connectivity index (χ0n) is 11.7. The lowest BCUT2D eigenvalue weighted by Crippen LogP contribution is -2.14. The number of carbonyl (C=O) groups excluding carboxylic acids is 1. The second kappa shape index (κ2) is 7.47. The summed E-state index contributed by atoms with van der Waals surface area (Å²) in [6.07, 6.45) is 1.71.